The van der Waals surface area contributed by atoms with E-state index < -0.39 is 24.0 Å². The third-order valence-electron chi connectivity index (χ3n) is 7.20. The first kappa shape index (κ1) is 23.8. The van der Waals surface area contributed by atoms with Crippen LogP contribution >= 0.6 is 0 Å². The second-order valence-corrected chi connectivity index (χ2v) is 9.53. The lowest BCUT2D eigenvalue weighted by Gasteiger charge is -2.23. The molecule has 4 atom stereocenters. The molecule has 0 saturated heterocycles. The van der Waals surface area contributed by atoms with Crippen molar-refractivity contribution in [1.82, 2.24) is 10.6 Å². The Balaban J connectivity index is 1.27. The molecule has 180 valence electrons. The number of aliphatic carboxylic acids is 1. The molecule has 2 amide bonds. The van der Waals surface area contributed by atoms with E-state index in [1.165, 1.54) is 11.1 Å². The molecular weight excluding hydrogens is 432 g/mol. The number of nitrogens with one attached hydrogen (secondary N) is 2. The SMILES string of the molecule is CC(NC(=O)OCC1c2ccccc2-c2ccccc21)C(C)C(=O)N[C@@H]1CC[C@H](CC(=O)O)C1. The van der Waals surface area contributed by atoms with Gasteiger partial charge in [0.1, 0.15) is 6.61 Å². The number of benzene rings is 2. The molecule has 0 aliphatic heterocycles. The Hall–Kier alpha value is -3.35. The third-order valence-corrected chi connectivity index (χ3v) is 7.20. The molecule has 1 saturated carbocycles. The number of carboxylic acid groups (broad SMARTS) is 1. The second kappa shape index (κ2) is 10.3. The minimum absolute atomic E-state index is 0.0130. The van der Waals surface area contributed by atoms with Crippen molar-refractivity contribution in [2.45, 2.75) is 57.5 Å². The average molecular weight is 465 g/mol. The lowest BCUT2D eigenvalue weighted by Crippen LogP contribution is -2.46. The summed E-state index contributed by atoms with van der Waals surface area (Å²) in [5, 5.41) is 14.8. The first-order valence-electron chi connectivity index (χ1n) is 12.0. The molecule has 2 unspecified atom stereocenters. The molecule has 0 bridgehead atoms. The van der Waals surface area contributed by atoms with E-state index in [0.29, 0.717) is 6.42 Å². The van der Waals surface area contributed by atoms with Gasteiger partial charge in [0, 0.05) is 24.4 Å². The predicted octanol–water partition coefficient (Wildman–Crippen LogP) is 4.31. The summed E-state index contributed by atoms with van der Waals surface area (Å²) in [7, 11) is 0. The highest BCUT2D eigenvalue weighted by molar-refractivity contribution is 5.81. The zero-order chi connectivity index (χ0) is 24.2. The molecule has 2 aliphatic carbocycles. The van der Waals surface area contributed by atoms with Gasteiger partial charge in [-0.15, -0.1) is 0 Å². The quantitative estimate of drug-likeness (QED) is 0.540. The van der Waals surface area contributed by atoms with Gasteiger partial charge in [-0.25, -0.2) is 4.79 Å². The van der Waals surface area contributed by atoms with Crippen molar-refractivity contribution < 1.29 is 24.2 Å². The van der Waals surface area contributed by atoms with Gasteiger partial charge in [0.25, 0.3) is 0 Å². The summed E-state index contributed by atoms with van der Waals surface area (Å²) in [6, 6.07) is 15.9. The van der Waals surface area contributed by atoms with E-state index >= 15 is 0 Å². The summed E-state index contributed by atoms with van der Waals surface area (Å²) in [6.45, 7) is 3.78. The Kier molecular flexibility index (Phi) is 7.20. The molecule has 2 aromatic carbocycles. The van der Waals surface area contributed by atoms with Crippen LogP contribution in [0.3, 0.4) is 0 Å². The molecule has 0 radical (unpaired) electrons. The van der Waals surface area contributed by atoms with Gasteiger partial charge in [-0.2, -0.15) is 0 Å². The van der Waals surface area contributed by atoms with E-state index in [1.807, 2.05) is 24.3 Å². The van der Waals surface area contributed by atoms with Crippen LogP contribution in [0.4, 0.5) is 4.79 Å². The largest absolute Gasteiger partial charge is 0.481 e. The van der Waals surface area contributed by atoms with Crippen LogP contribution in [-0.2, 0) is 14.3 Å². The molecule has 7 nitrogen and oxygen atoms in total. The Morgan fingerprint density at radius 2 is 1.62 bits per heavy atom. The number of carbonyl (C=O) groups is 3. The zero-order valence-electron chi connectivity index (χ0n) is 19.6. The smallest absolute Gasteiger partial charge is 0.407 e. The summed E-state index contributed by atoms with van der Waals surface area (Å²) >= 11 is 0. The molecule has 2 aliphatic rings. The molecule has 4 rings (SSSR count). The summed E-state index contributed by atoms with van der Waals surface area (Å²) in [5.74, 6) is -1.30. The number of rotatable bonds is 8. The summed E-state index contributed by atoms with van der Waals surface area (Å²) in [6.07, 6.45) is 1.86. The van der Waals surface area contributed by atoms with Crippen molar-refractivity contribution in [3.05, 3.63) is 59.7 Å². The minimum Gasteiger partial charge on any atom is -0.481 e. The summed E-state index contributed by atoms with van der Waals surface area (Å²) in [5.41, 5.74) is 4.64. The maximum Gasteiger partial charge on any atom is 0.407 e. The fraction of sp³-hybridized carbons (Fsp3) is 0.444. The summed E-state index contributed by atoms with van der Waals surface area (Å²) in [4.78, 5) is 36.1. The fourth-order valence-corrected chi connectivity index (χ4v) is 5.15. The van der Waals surface area contributed by atoms with Gasteiger partial charge in [0.15, 0.2) is 0 Å². The fourth-order valence-electron chi connectivity index (χ4n) is 5.15. The van der Waals surface area contributed by atoms with E-state index in [-0.39, 0.29) is 36.8 Å². The van der Waals surface area contributed by atoms with Gasteiger partial charge < -0.3 is 20.5 Å². The highest BCUT2D eigenvalue weighted by Crippen LogP contribution is 2.44. The zero-order valence-corrected chi connectivity index (χ0v) is 19.6. The van der Waals surface area contributed by atoms with E-state index in [2.05, 4.69) is 34.9 Å². The molecule has 1 fully saturated rings. The van der Waals surface area contributed by atoms with Crippen LogP contribution in [0.15, 0.2) is 48.5 Å². The number of carboxylic acids is 1. The number of ether oxygens (including phenoxy) is 1. The van der Waals surface area contributed by atoms with Gasteiger partial charge in [0.05, 0.1) is 5.92 Å². The van der Waals surface area contributed by atoms with Crippen LogP contribution in [0.25, 0.3) is 11.1 Å². The average Bonchev–Trinajstić information content (AvgIpc) is 3.38. The number of alkyl carbamates (subject to hydrolysis) is 1. The predicted molar refractivity (Wildman–Crippen MR) is 128 cm³/mol. The van der Waals surface area contributed by atoms with Crippen molar-refractivity contribution >= 4 is 18.0 Å². The lowest BCUT2D eigenvalue weighted by molar-refractivity contribution is -0.138. The molecule has 3 N–H and O–H groups in total. The maximum atomic E-state index is 12.7. The lowest BCUT2D eigenvalue weighted by atomic mass is 9.98. The van der Waals surface area contributed by atoms with Gasteiger partial charge in [-0.3, -0.25) is 9.59 Å². The molecule has 0 heterocycles. The van der Waals surface area contributed by atoms with Gasteiger partial charge in [-0.1, -0.05) is 55.5 Å². The topological polar surface area (TPSA) is 105 Å². The Bertz CT molecular complexity index is 1020. The van der Waals surface area contributed by atoms with E-state index in [9.17, 15) is 14.4 Å². The normalized spacial score (nSPS) is 20.6. The molecule has 0 aromatic heterocycles. The van der Waals surface area contributed by atoms with Crippen molar-refractivity contribution in [3.8, 4) is 11.1 Å². The Morgan fingerprint density at radius 1 is 1.00 bits per heavy atom. The van der Waals surface area contributed by atoms with E-state index in [0.717, 1.165) is 24.0 Å². The van der Waals surface area contributed by atoms with Gasteiger partial charge >= 0.3 is 12.1 Å². The molecule has 2 aromatic rings. The van der Waals surface area contributed by atoms with Crippen molar-refractivity contribution in [2.24, 2.45) is 11.8 Å². The molecule has 34 heavy (non-hydrogen) atoms. The highest BCUT2D eigenvalue weighted by Gasteiger charge is 2.31. The van der Waals surface area contributed by atoms with Crippen LogP contribution < -0.4 is 10.6 Å². The number of hydrogen-bond acceptors (Lipinski definition) is 4. The maximum absolute atomic E-state index is 12.7. The number of amides is 2. The Morgan fingerprint density at radius 3 is 2.24 bits per heavy atom. The van der Waals surface area contributed by atoms with Crippen LogP contribution in [0.2, 0.25) is 0 Å². The van der Waals surface area contributed by atoms with E-state index in [1.54, 1.807) is 13.8 Å². The first-order valence-corrected chi connectivity index (χ1v) is 12.0. The van der Waals surface area contributed by atoms with Crippen molar-refractivity contribution in [1.29, 1.82) is 0 Å². The third kappa shape index (κ3) is 5.24. The Labute approximate surface area is 199 Å². The monoisotopic (exact) mass is 464 g/mol. The number of fused-ring (bicyclic) bond motifs is 3. The van der Waals surface area contributed by atoms with Crippen LogP contribution in [0, 0.1) is 11.8 Å². The number of hydrogen-bond donors (Lipinski definition) is 3. The molecular formula is C27H32N2O5. The molecule has 7 heteroatoms. The molecule has 0 spiro atoms. The summed E-state index contributed by atoms with van der Waals surface area (Å²) < 4.78 is 5.59. The van der Waals surface area contributed by atoms with E-state index in [4.69, 9.17) is 9.84 Å². The first-order chi connectivity index (χ1) is 16.3. The minimum atomic E-state index is -0.800. The van der Waals surface area contributed by atoms with Crippen LogP contribution in [0.5, 0.6) is 0 Å². The standard InChI is InChI=1S/C27H32N2O5/c1-16(26(32)29-19-12-11-18(13-19)14-25(30)31)17(2)28-27(33)34-15-24-22-9-5-3-7-20(22)21-8-4-6-10-23(21)24/h3-10,16-19,24H,11-15H2,1-2H3,(H,28,33)(H,29,32)(H,30,31)/t16?,17?,18-,19+/m0/s1. The van der Waals surface area contributed by atoms with Gasteiger partial charge in [-0.05, 0) is 54.4 Å². The van der Waals surface area contributed by atoms with Crippen molar-refractivity contribution in [2.75, 3.05) is 6.61 Å². The van der Waals surface area contributed by atoms with Crippen molar-refractivity contribution in [3.63, 3.8) is 0 Å². The van der Waals surface area contributed by atoms with Gasteiger partial charge in [0.2, 0.25) is 5.91 Å². The van der Waals surface area contributed by atoms with Crippen LogP contribution in [0.1, 0.15) is 56.6 Å². The van der Waals surface area contributed by atoms with Crippen LogP contribution in [-0.4, -0.2) is 41.8 Å². The second-order valence-electron chi connectivity index (χ2n) is 9.53. The highest BCUT2D eigenvalue weighted by atomic mass is 16.5. The number of carbonyl (C=O) groups excluding carboxylic acids is 2.